The number of hydrogen-bond acceptors (Lipinski definition) is 6. The number of aromatic nitrogens is 4. The zero-order chi connectivity index (χ0) is 34.2. The summed E-state index contributed by atoms with van der Waals surface area (Å²) in [5.41, 5.74) is 4.73. The Kier molecular flexibility index (Phi) is 10.7. The summed E-state index contributed by atoms with van der Waals surface area (Å²) in [6.45, 7) is 5.34. The number of rotatable bonds is 15. The lowest BCUT2D eigenvalue weighted by atomic mass is 10.1. The maximum Gasteiger partial charge on any atom is 0.332 e. The molecule has 0 radical (unpaired) electrons. The highest BCUT2D eigenvalue weighted by atomic mass is 16.5. The summed E-state index contributed by atoms with van der Waals surface area (Å²) in [7, 11) is 3.15. The van der Waals surface area contributed by atoms with Crippen LogP contribution in [0, 0.1) is 0 Å². The van der Waals surface area contributed by atoms with Crippen LogP contribution in [0.15, 0.2) is 125 Å². The molecule has 0 aliphatic rings. The van der Waals surface area contributed by atoms with Gasteiger partial charge in [-0.15, -0.1) is 0 Å². The molecule has 4 aromatic carbocycles. The molecule has 9 nitrogen and oxygen atoms in total. The molecule has 0 saturated heterocycles. The van der Waals surface area contributed by atoms with Crippen LogP contribution in [0.5, 0.6) is 11.5 Å². The number of aryl methyl sites for hydroxylation is 2. The Morgan fingerprint density at radius 2 is 1.31 bits per heavy atom. The van der Waals surface area contributed by atoms with E-state index < -0.39 is 0 Å². The van der Waals surface area contributed by atoms with E-state index in [1.807, 2.05) is 53.1 Å². The maximum atomic E-state index is 13.0. The van der Waals surface area contributed by atoms with Gasteiger partial charge in [-0.2, -0.15) is 0 Å². The quantitative estimate of drug-likeness (QED) is 0.133. The van der Waals surface area contributed by atoms with Crippen LogP contribution in [-0.2, 0) is 46.8 Å². The molecule has 6 rings (SSSR count). The first-order valence-corrected chi connectivity index (χ1v) is 16.7. The molecular weight excluding hydrogens is 614 g/mol. The molecule has 1 unspecified atom stereocenters. The molecule has 2 aromatic heterocycles. The predicted octanol–water partition coefficient (Wildman–Crippen LogP) is 6.12. The van der Waals surface area contributed by atoms with Gasteiger partial charge in [0, 0.05) is 39.8 Å². The van der Waals surface area contributed by atoms with Crippen LogP contribution < -0.4 is 20.7 Å². The first kappa shape index (κ1) is 33.5. The largest absolute Gasteiger partial charge is 0.485 e. The fourth-order valence-electron chi connectivity index (χ4n) is 6.03. The Labute approximate surface area is 286 Å². The Morgan fingerprint density at radius 3 is 1.94 bits per heavy atom. The third-order valence-electron chi connectivity index (χ3n) is 9.03. The fraction of sp³-hybridized carbons (Fsp3) is 0.275. The zero-order valence-electron chi connectivity index (χ0n) is 28.4. The van der Waals surface area contributed by atoms with Crippen molar-refractivity contribution in [3.8, 4) is 11.5 Å². The van der Waals surface area contributed by atoms with E-state index in [9.17, 15) is 9.59 Å². The van der Waals surface area contributed by atoms with Gasteiger partial charge in [0.15, 0.2) is 22.7 Å². The summed E-state index contributed by atoms with van der Waals surface area (Å²) >= 11 is 0. The zero-order valence-corrected chi connectivity index (χ0v) is 28.4. The summed E-state index contributed by atoms with van der Waals surface area (Å²) in [5, 5.41) is 0. The second-order valence-corrected chi connectivity index (χ2v) is 12.5. The molecule has 252 valence electrons. The van der Waals surface area contributed by atoms with Crippen LogP contribution >= 0.6 is 0 Å². The SMILES string of the molecule is CC(CCn1cnc2c1c(=O)n(C)c(=O)n2C)N(CCc1ccc(OCc2ccccc2)c(OCc2ccccc2)c1)Cc1ccccc1. The van der Waals surface area contributed by atoms with Gasteiger partial charge in [-0.25, -0.2) is 9.78 Å². The van der Waals surface area contributed by atoms with Crippen LogP contribution in [0.4, 0.5) is 0 Å². The van der Waals surface area contributed by atoms with Crippen molar-refractivity contribution in [3.63, 3.8) is 0 Å². The highest BCUT2D eigenvalue weighted by molar-refractivity contribution is 5.69. The summed E-state index contributed by atoms with van der Waals surface area (Å²) in [6, 6.07) is 37.2. The van der Waals surface area contributed by atoms with Gasteiger partial charge in [-0.3, -0.25) is 18.8 Å². The van der Waals surface area contributed by atoms with Crippen molar-refractivity contribution in [2.45, 2.75) is 52.1 Å². The Morgan fingerprint density at radius 1 is 0.714 bits per heavy atom. The minimum atomic E-state index is -0.380. The van der Waals surface area contributed by atoms with Gasteiger partial charge in [0.1, 0.15) is 13.2 Å². The van der Waals surface area contributed by atoms with E-state index in [2.05, 4.69) is 77.5 Å². The lowest BCUT2D eigenvalue weighted by Gasteiger charge is -2.29. The Hall–Kier alpha value is -5.41. The van der Waals surface area contributed by atoms with E-state index in [4.69, 9.17) is 9.47 Å². The van der Waals surface area contributed by atoms with Crippen LogP contribution in [0.1, 0.15) is 35.6 Å². The van der Waals surface area contributed by atoms with E-state index in [0.29, 0.717) is 36.7 Å². The standard InChI is InChI=1S/C40H43N5O4/c1-30(21-23-45-29-41-38-37(45)39(46)43(3)40(47)42(38)2)44(26-32-13-7-4-8-14-32)24-22-31-19-20-35(48-27-33-15-9-5-10-16-33)36(25-31)49-28-34-17-11-6-12-18-34/h4-20,25,29-30H,21-24,26-28H2,1-3H3. The number of imidazole rings is 1. The molecule has 0 fully saturated rings. The van der Waals surface area contributed by atoms with Crippen molar-refractivity contribution >= 4 is 11.2 Å². The smallest absolute Gasteiger partial charge is 0.332 e. The van der Waals surface area contributed by atoms with Crippen LogP contribution in [-0.4, -0.2) is 36.2 Å². The summed E-state index contributed by atoms with van der Waals surface area (Å²) in [5.74, 6) is 1.44. The van der Waals surface area contributed by atoms with Gasteiger partial charge in [-0.1, -0.05) is 97.1 Å². The molecular formula is C40H43N5O4. The summed E-state index contributed by atoms with van der Waals surface area (Å²) in [4.78, 5) is 32.3. The van der Waals surface area contributed by atoms with Crippen molar-refractivity contribution in [3.05, 3.63) is 159 Å². The van der Waals surface area contributed by atoms with Crippen LogP contribution in [0.25, 0.3) is 11.2 Å². The lowest BCUT2D eigenvalue weighted by Crippen LogP contribution is -2.38. The average molecular weight is 658 g/mol. The molecule has 0 saturated carbocycles. The second-order valence-electron chi connectivity index (χ2n) is 12.5. The molecule has 1 atom stereocenters. The van der Waals surface area contributed by atoms with Crippen molar-refractivity contribution in [1.82, 2.24) is 23.6 Å². The molecule has 49 heavy (non-hydrogen) atoms. The normalized spacial score (nSPS) is 12.0. The highest BCUT2D eigenvalue weighted by Crippen LogP contribution is 2.31. The van der Waals surface area contributed by atoms with Crippen LogP contribution in [0.2, 0.25) is 0 Å². The summed E-state index contributed by atoms with van der Waals surface area (Å²) < 4.78 is 17.0. The number of nitrogens with zero attached hydrogens (tertiary/aromatic N) is 5. The van der Waals surface area contributed by atoms with E-state index in [-0.39, 0.29) is 17.3 Å². The molecule has 6 aromatic rings. The van der Waals surface area contributed by atoms with Crippen molar-refractivity contribution in [1.29, 1.82) is 0 Å². The molecule has 0 amide bonds. The molecule has 2 heterocycles. The summed E-state index contributed by atoms with van der Waals surface area (Å²) in [6.07, 6.45) is 3.27. The second kappa shape index (κ2) is 15.7. The predicted molar refractivity (Wildman–Crippen MR) is 193 cm³/mol. The van der Waals surface area contributed by atoms with Gasteiger partial charge in [0.05, 0.1) is 6.33 Å². The van der Waals surface area contributed by atoms with E-state index in [0.717, 1.165) is 52.9 Å². The molecule has 0 spiro atoms. The maximum absolute atomic E-state index is 13.0. The molecule has 9 heteroatoms. The minimum Gasteiger partial charge on any atom is -0.485 e. The highest BCUT2D eigenvalue weighted by Gasteiger charge is 2.19. The molecule has 0 bridgehead atoms. The third-order valence-corrected chi connectivity index (χ3v) is 9.03. The van der Waals surface area contributed by atoms with Gasteiger partial charge in [-0.05, 0) is 54.2 Å². The average Bonchev–Trinajstić information content (AvgIpc) is 3.58. The van der Waals surface area contributed by atoms with Gasteiger partial charge >= 0.3 is 5.69 Å². The van der Waals surface area contributed by atoms with Crippen molar-refractivity contribution in [2.75, 3.05) is 6.54 Å². The third kappa shape index (κ3) is 8.18. The van der Waals surface area contributed by atoms with E-state index in [1.165, 1.54) is 17.2 Å². The monoisotopic (exact) mass is 657 g/mol. The van der Waals surface area contributed by atoms with Crippen LogP contribution in [0.3, 0.4) is 0 Å². The van der Waals surface area contributed by atoms with Crippen molar-refractivity contribution in [2.24, 2.45) is 14.1 Å². The Bertz CT molecular complexity index is 2090. The molecule has 0 aliphatic carbocycles. The van der Waals surface area contributed by atoms with E-state index in [1.54, 1.807) is 13.4 Å². The van der Waals surface area contributed by atoms with Crippen molar-refractivity contribution < 1.29 is 9.47 Å². The lowest BCUT2D eigenvalue weighted by molar-refractivity contribution is 0.188. The molecule has 0 aliphatic heterocycles. The first-order valence-electron chi connectivity index (χ1n) is 16.7. The van der Waals surface area contributed by atoms with Gasteiger partial charge in [0.2, 0.25) is 0 Å². The van der Waals surface area contributed by atoms with E-state index >= 15 is 0 Å². The Balaban J connectivity index is 1.19. The number of hydrogen-bond donors (Lipinski definition) is 0. The minimum absolute atomic E-state index is 0.191. The number of fused-ring (bicyclic) bond motifs is 1. The fourth-order valence-corrected chi connectivity index (χ4v) is 6.03. The number of ether oxygens (including phenoxy) is 2. The van der Waals surface area contributed by atoms with Gasteiger partial charge < -0.3 is 14.0 Å². The molecule has 0 N–H and O–H groups in total. The van der Waals surface area contributed by atoms with Gasteiger partial charge in [0.25, 0.3) is 5.56 Å². The first-order chi connectivity index (χ1) is 23.9. The number of benzene rings is 4. The topological polar surface area (TPSA) is 83.5 Å².